The number of carboxylic acid groups (broad SMARTS) is 2. The van der Waals surface area contributed by atoms with Gasteiger partial charge in [0.1, 0.15) is 5.60 Å². The van der Waals surface area contributed by atoms with Crippen molar-refractivity contribution in [3.8, 4) is 0 Å². The number of rotatable bonds is 4. The van der Waals surface area contributed by atoms with Gasteiger partial charge in [-0.2, -0.15) is 0 Å². The molecule has 0 saturated carbocycles. The second-order valence-corrected chi connectivity index (χ2v) is 6.88. The van der Waals surface area contributed by atoms with Crippen LogP contribution in [0.5, 0.6) is 0 Å². The zero-order valence-corrected chi connectivity index (χ0v) is 14.8. The van der Waals surface area contributed by atoms with Gasteiger partial charge in [-0.3, -0.25) is 5.32 Å². The highest BCUT2D eigenvalue weighted by atomic mass is 32.1. The Morgan fingerprint density at radius 2 is 1.96 bits per heavy atom. The van der Waals surface area contributed by atoms with Gasteiger partial charge in [-0.15, -0.1) is 11.3 Å². The first-order valence-corrected chi connectivity index (χ1v) is 7.91. The summed E-state index contributed by atoms with van der Waals surface area (Å²) in [5.74, 6) is 0.634. The Morgan fingerprint density at radius 1 is 1.39 bits per heavy atom. The van der Waals surface area contributed by atoms with Crippen LogP contribution in [0.4, 0.5) is 14.7 Å². The van der Waals surface area contributed by atoms with E-state index in [0.29, 0.717) is 11.0 Å². The molecule has 0 spiro atoms. The fraction of sp³-hybridized carbons (Fsp3) is 0.533. The molecule has 1 heterocycles. The summed E-state index contributed by atoms with van der Waals surface area (Å²) < 4.78 is 5.16. The van der Waals surface area contributed by atoms with E-state index in [1.54, 1.807) is 0 Å². The van der Waals surface area contributed by atoms with Gasteiger partial charge in [0.25, 0.3) is 0 Å². The molecule has 0 atom stereocenters. The van der Waals surface area contributed by atoms with Gasteiger partial charge in [0.15, 0.2) is 5.13 Å². The van der Waals surface area contributed by atoms with Crippen molar-refractivity contribution in [1.82, 2.24) is 4.98 Å². The lowest BCUT2D eigenvalue weighted by Gasteiger charge is -2.18. The number of nitrogens with zero attached hydrogens (tertiary/aromatic N) is 1. The third kappa shape index (κ3) is 13.3. The van der Waals surface area contributed by atoms with Crippen LogP contribution < -0.4 is 5.32 Å². The van der Waals surface area contributed by atoms with E-state index in [1.807, 2.05) is 32.2 Å². The molecule has 0 aliphatic heterocycles. The van der Waals surface area contributed by atoms with Crippen molar-refractivity contribution in [2.24, 2.45) is 5.92 Å². The average Bonchev–Trinajstić information content (AvgIpc) is 2.72. The average molecular weight is 344 g/mol. The van der Waals surface area contributed by atoms with E-state index < -0.39 is 17.8 Å². The molecule has 3 N–H and O–H groups in total. The second kappa shape index (κ2) is 9.83. The molecule has 0 fully saturated rings. The SMILES string of the molecule is CC(C)C/C=C\c1csc(NC(=O)OC(C)(C)C)n1.O=C(O)O. The fourth-order valence-electron chi connectivity index (χ4n) is 1.27. The van der Waals surface area contributed by atoms with Gasteiger partial charge in [-0.1, -0.05) is 19.9 Å². The molecule has 8 heteroatoms. The normalized spacial score (nSPS) is 11.0. The Kier molecular flexibility index (Phi) is 8.94. The molecule has 0 unspecified atom stereocenters. The van der Waals surface area contributed by atoms with Gasteiger partial charge in [0, 0.05) is 5.38 Å². The van der Waals surface area contributed by atoms with E-state index in [9.17, 15) is 4.79 Å². The van der Waals surface area contributed by atoms with Crippen molar-refractivity contribution in [1.29, 1.82) is 0 Å². The standard InChI is InChI=1S/C14H22N2O2S.CH2O3/c1-10(2)7-6-8-11-9-19-12(15-11)16-13(17)18-14(3,4)5;2-1(3)4/h6,8-10H,7H2,1-5H3,(H,15,16,17);(H2,2,3,4)/b8-6-;. The van der Waals surface area contributed by atoms with Crippen molar-refractivity contribution < 1.29 is 24.5 Å². The van der Waals surface area contributed by atoms with E-state index >= 15 is 0 Å². The van der Waals surface area contributed by atoms with Gasteiger partial charge in [-0.25, -0.2) is 14.6 Å². The van der Waals surface area contributed by atoms with Crippen molar-refractivity contribution in [2.75, 3.05) is 5.32 Å². The van der Waals surface area contributed by atoms with Crippen molar-refractivity contribution in [3.05, 3.63) is 17.2 Å². The highest BCUT2D eigenvalue weighted by Crippen LogP contribution is 2.18. The van der Waals surface area contributed by atoms with Gasteiger partial charge in [0.05, 0.1) is 5.69 Å². The lowest BCUT2D eigenvalue weighted by molar-refractivity contribution is 0.0635. The van der Waals surface area contributed by atoms with Crippen molar-refractivity contribution in [3.63, 3.8) is 0 Å². The maximum Gasteiger partial charge on any atom is 0.503 e. The molecular weight excluding hydrogens is 320 g/mol. The van der Waals surface area contributed by atoms with Gasteiger partial charge in [0.2, 0.25) is 0 Å². The van der Waals surface area contributed by atoms with Crippen LogP contribution in [-0.2, 0) is 4.74 Å². The quantitative estimate of drug-likeness (QED) is 0.726. The summed E-state index contributed by atoms with van der Waals surface area (Å²) in [4.78, 5) is 24.4. The van der Waals surface area contributed by atoms with Crippen LogP contribution in [0.25, 0.3) is 6.08 Å². The summed E-state index contributed by atoms with van der Waals surface area (Å²) in [6.45, 7) is 9.82. The summed E-state index contributed by atoms with van der Waals surface area (Å²) in [6.07, 6.45) is 2.78. The highest BCUT2D eigenvalue weighted by molar-refractivity contribution is 7.14. The Labute approximate surface area is 140 Å². The summed E-state index contributed by atoms with van der Waals surface area (Å²) in [5.41, 5.74) is 0.359. The first kappa shape index (κ1) is 20.9. The summed E-state index contributed by atoms with van der Waals surface area (Å²) in [6, 6.07) is 0. The zero-order valence-electron chi connectivity index (χ0n) is 14.0. The maximum atomic E-state index is 11.6. The number of nitrogens with one attached hydrogen (secondary N) is 1. The van der Waals surface area contributed by atoms with E-state index in [-0.39, 0.29) is 0 Å². The molecule has 1 aromatic heterocycles. The van der Waals surface area contributed by atoms with Crippen molar-refractivity contribution >= 4 is 34.8 Å². The molecule has 1 amide bonds. The van der Waals surface area contributed by atoms with Gasteiger partial charge < -0.3 is 14.9 Å². The molecule has 0 aliphatic carbocycles. The van der Waals surface area contributed by atoms with Gasteiger partial charge in [-0.05, 0) is 39.2 Å². The van der Waals surface area contributed by atoms with E-state index in [2.05, 4.69) is 30.2 Å². The number of hydrogen-bond acceptors (Lipinski definition) is 5. The number of carbonyl (C=O) groups excluding carboxylic acids is 1. The van der Waals surface area contributed by atoms with Crippen LogP contribution in [-0.4, -0.2) is 33.0 Å². The first-order chi connectivity index (χ1) is 10.5. The van der Waals surface area contributed by atoms with E-state index in [0.717, 1.165) is 12.1 Å². The van der Waals surface area contributed by atoms with E-state index in [1.165, 1.54) is 11.3 Å². The monoisotopic (exact) mass is 344 g/mol. The van der Waals surface area contributed by atoms with Gasteiger partial charge >= 0.3 is 12.2 Å². The lowest BCUT2D eigenvalue weighted by Crippen LogP contribution is -2.27. The number of allylic oxidation sites excluding steroid dienone is 1. The number of thiazole rings is 1. The minimum atomic E-state index is -1.83. The van der Waals surface area contributed by atoms with Crippen LogP contribution in [0.3, 0.4) is 0 Å². The third-order valence-electron chi connectivity index (χ3n) is 2.03. The molecule has 0 radical (unpaired) electrons. The largest absolute Gasteiger partial charge is 0.503 e. The Balaban J connectivity index is 0.00000108. The maximum absolute atomic E-state index is 11.6. The molecule has 1 rings (SSSR count). The number of carbonyl (C=O) groups is 2. The van der Waals surface area contributed by atoms with Crippen LogP contribution in [0.1, 0.15) is 46.7 Å². The molecule has 0 saturated heterocycles. The lowest BCUT2D eigenvalue weighted by atomic mass is 10.1. The predicted molar refractivity (Wildman–Crippen MR) is 91.1 cm³/mol. The highest BCUT2D eigenvalue weighted by Gasteiger charge is 2.16. The molecule has 7 nitrogen and oxygen atoms in total. The summed E-state index contributed by atoms with van der Waals surface area (Å²) in [5, 5.41) is 19.0. The molecule has 0 aromatic carbocycles. The zero-order chi connectivity index (χ0) is 18.0. The summed E-state index contributed by atoms with van der Waals surface area (Å²) in [7, 11) is 0. The molecule has 1 aromatic rings. The minimum Gasteiger partial charge on any atom is -0.450 e. The molecule has 23 heavy (non-hydrogen) atoms. The van der Waals surface area contributed by atoms with Crippen LogP contribution in [0, 0.1) is 5.92 Å². The topological polar surface area (TPSA) is 109 Å². The Hall–Kier alpha value is -2.09. The summed E-state index contributed by atoms with van der Waals surface area (Å²) >= 11 is 1.39. The molecule has 0 bridgehead atoms. The van der Waals surface area contributed by atoms with Crippen molar-refractivity contribution in [2.45, 2.75) is 46.6 Å². The van der Waals surface area contributed by atoms with Crippen LogP contribution in [0.15, 0.2) is 11.5 Å². The van der Waals surface area contributed by atoms with E-state index in [4.69, 9.17) is 19.7 Å². The number of amides is 1. The van der Waals surface area contributed by atoms with Crippen LogP contribution in [0.2, 0.25) is 0 Å². The number of ether oxygens (including phenoxy) is 1. The second-order valence-electron chi connectivity index (χ2n) is 6.02. The molecule has 130 valence electrons. The van der Waals surface area contributed by atoms with Crippen LogP contribution >= 0.6 is 11.3 Å². The number of hydrogen-bond donors (Lipinski definition) is 3. The Morgan fingerprint density at radius 3 is 2.43 bits per heavy atom. The molecule has 0 aliphatic rings. The fourth-order valence-corrected chi connectivity index (χ4v) is 1.94. The number of anilines is 1. The Bertz CT molecular complexity index is 528. The number of aromatic nitrogens is 1. The minimum absolute atomic E-state index is 0.473. The third-order valence-corrected chi connectivity index (χ3v) is 2.80. The molecular formula is C15H24N2O5S. The smallest absolute Gasteiger partial charge is 0.450 e. The predicted octanol–water partition coefficient (Wildman–Crippen LogP) is 4.77. The first-order valence-electron chi connectivity index (χ1n) is 7.03.